The highest BCUT2D eigenvalue weighted by atomic mass is 19.4. The van der Waals surface area contributed by atoms with Crippen LogP contribution in [0.4, 0.5) is 18.9 Å². The van der Waals surface area contributed by atoms with Gasteiger partial charge in [0.05, 0.1) is 12.7 Å². The third kappa shape index (κ3) is 3.99. The lowest BCUT2D eigenvalue weighted by atomic mass is 10.1. The number of para-hydroxylation sites is 1. The normalized spacial score (nSPS) is 11.9. The second kappa shape index (κ2) is 7.48. The van der Waals surface area contributed by atoms with Crippen molar-refractivity contribution in [1.82, 2.24) is 0 Å². The molecule has 0 fully saturated rings. The first-order valence-corrected chi connectivity index (χ1v) is 7.99. The van der Waals surface area contributed by atoms with Crippen molar-refractivity contribution >= 4 is 28.6 Å². The molecule has 0 atom stereocenters. The van der Waals surface area contributed by atoms with E-state index < -0.39 is 17.6 Å². The molecule has 0 aliphatic carbocycles. The Balaban J connectivity index is 1.87. The Kier molecular flexibility index (Phi) is 5.09. The van der Waals surface area contributed by atoms with Gasteiger partial charge in [0.2, 0.25) is 0 Å². The lowest BCUT2D eigenvalue weighted by molar-refractivity contribution is -0.137. The van der Waals surface area contributed by atoms with Crippen molar-refractivity contribution in [3.8, 4) is 11.8 Å². The van der Waals surface area contributed by atoms with E-state index in [0.29, 0.717) is 16.7 Å². The molecular formula is C20H13F3N2O3. The number of nitrogens with one attached hydrogen (secondary N) is 1. The number of nitriles is 1. The molecule has 0 aliphatic rings. The molecule has 142 valence electrons. The standard InChI is InChI=1S/C20H13F3N2O3/c1-27-17-7-2-4-12-8-16(28-18(12)17)9-13(11-24)19(26)25-15-6-3-5-14(10-15)20(21,22)23/h2-10H,1H3,(H,25,26)/b13-9+. The SMILES string of the molecule is COc1cccc2cc(/C=C(\C#N)C(=O)Nc3cccc(C(F)(F)F)c3)oc12. The van der Waals surface area contributed by atoms with Gasteiger partial charge >= 0.3 is 6.18 Å². The summed E-state index contributed by atoms with van der Waals surface area (Å²) in [5.41, 5.74) is -0.855. The molecule has 8 heteroatoms. The van der Waals surface area contributed by atoms with Crippen LogP contribution >= 0.6 is 0 Å². The third-order valence-electron chi connectivity index (χ3n) is 3.85. The molecule has 0 radical (unpaired) electrons. The molecule has 0 aliphatic heterocycles. The number of benzene rings is 2. The molecule has 2 aromatic carbocycles. The molecule has 5 nitrogen and oxygen atoms in total. The van der Waals surface area contributed by atoms with Crippen LogP contribution in [0.3, 0.4) is 0 Å². The highest BCUT2D eigenvalue weighted by Gasteiger charge is 2.30. The third-order valence-corrected chi connectivity index (χ3v) is 3.85. The van der Waals surface area contributed by atoms with Crippen LogP contribution in [-0.4, -0.2) is 13.0 Å². The van der Waals surface area contributed by atoms with Gasteiger partial charge in [-0.3, -0.25) is 4.79 Å². The van der Waals surface area contributed by atoms with Crippen LogP contribution in [0.25, 0.3) is 17.0 Å². The van der Waals surface area contributed by atoms with Crippen LogP contribution in [0.5, 0.6) is 5.75 Å². The number of alkyl halides is 3. The summed E-state index contributed by atoms with van der Waals surface area (Å²) in [6.07, 6.45) is -3.33. The van der Waals surface area contributed by atoms with Gasteiger partial charge in [0, 0.05) is 17.1 Å². The number of carbonyl (C=O) groups is 1. The maximum absolute atomic E-state index is 12.8. The van der Waals surface area contributed by atoms with Crippen LogP contribution in [0.15, 0.2) is 58.5 Å². The lowest BCUT2D eigenvalue weighted by Gasteiger charge is -2.09. The van der Waals surface area contributed by atoms with Crippen molar-refractivity contribution < 1.29 is 27.1 Å². The van der Waals surface area contributed by atoms with Gasteiger partial charge in [0.1, 0.15) is 17.4 Å². The van der Waals surface area contributed by atoms with Gasteiger partial charge in [-0.1, -0.05) is 18.2 Å². The first-order valence-electron chi connectivity index (χ1n) is 7.99. The van der Waals surface area contributed by atoms with E-state index in [2.05, 4.69) is 5.32 Å². The molecular weight excluding hydrogens is 373 g/mol. The first kappa shape index (κ1) is 19.0. The number of halogens is 3. The van der Waals surface area contributed by atoms with E-state index in [-0.39, 0.29) is 17.0 Å². The minimum Gasteiger partial charge on any atom is -0.493 e. The number of methoxy groups -OCH3 is 1. The highest BCUT2D eigenvalue weighted by Crippen LogP contribution is 2.31. The molecule has 3 aromatic rings. The quantitative estimate of drug-likeness (QED) is 0.505. The summed E-state index contributed by atoms with van der Waals surface area (Å²) in [5, 5.41) is 12.3. The molecule has 0 saturated carbocycles. The number of hydrogen-bond acceptors (Lipinski definition) is 4. The molecule has 0 bridgehead atoms. The molecule has 1 N–H and O–H groups in total. The second-order valence-corrected chi connectivity index (χ2v) is 5.73. The Morgan fingerprint density at radius 2 is 1.96 bits per heavy atom. The molecule has 3 rings (SSSR count). The summed E-state index contributed by atoms with van der Waals surface area (Å²) in [6, 6.07) is 12.7. The van der Waals surface area contributed by atoms with Gasteiger partial charge in [-0.25, -0.2) is 0 Å². The zero-order valence-electron chi connectivity index (χ0n) is 14.5. The van der Waals surface area contributed by atoms with Gasteiger partial charge in [-0.05, 0) is 30.3 Å². The van der Waals surface area contributed by atoms with Crippen molar-refractivity contribution in [2.24, 2.45) is 0 Å². The maximum Gasteiger partial charge on any atom is 0.416 e. The number of hydrogen-bond donors (Lipinski definition) is 1. The number of rotatable bonds is 4. The molecule has 1 heterocycles. The average molecular weight is 386 g/mol. The largest absolute Gasteiger partial charge is 0.493 e. The zero-order chi connectivity index (χ0) is 20.3. The number of amides is 1. The molecule has 0 saturated heterocycles. The van der Waals surface area contributed by atoms with Gasteiger partial charge < -0.3 is 14.5 Å². The second-order valence-electron chi connectivity index (χ2n) is 5.73. The highest BCUT2D eigenvalue weighted by molar-refractivity contribution is 6.09. The van der Waals surface area contributed by atoms with Crippen molar-refractivity contribution in [1.29, 1.82) is 5.26 Å². The summed E-state index contributed by atoms with van der Waals surface area (Å²) < 4.78 is 49.1. The Morgan fingerprint density at radius 1 is 1.21 bits per heavy atom. The summed E-state index contributed by atoms with van der Waals surface area (Å²) in [6.45, 7) is 0. The number of nitrogens with zero attached hydrogens (tertiary/aromatic N) is 1. The van der Waals surface area contributed by atoms with Crippen molar-refractivity contribution in [3.05, 3.63) is 65.4 Å². The van der Waals surface area contributed by atoms with Gasteiger partial charge in [-0.2, -0.15) is 18.4 Å². The zero-order valence-corrected chi connectivity index (χ0v) is 14.5. The summed E-state index contributed by atoms with van der Waals surface area (Å²) in [4.78, 5) is 12.3. The predicted octanol–water partition coefficient (Wildman–Crippen LogP) is 5.01. The van der Waals surface area contributed by atoms with Crippen LogP contribution in [0, 0.1) is 11.3 Å². The van der Waals surface area contributed by atoms with E-state index in [0.717, 1.165) is 12.1 Å². The first-order chi connectivity index (χ1) is 13.3. The van der Waals surface area contributed by atoms with E-state index in [4.69, 9.17) is 9.15 Å². The minimum absolute atomic E-state index is 0.0766. The monoisotopic (exact) mass is 386 g/mol. The summed E-state index contributed by atoms with van der Waals surface area (Å²) >= 11 is 0. The smallest absolute Gasteiger partial charge is 0.416 e. The summed E-state index contributed by atoms with van der Waals surface area (Å²) in [5.74, 6) is -0.131. The molecule has 1 amide bonds. The predicted molar refractivity (Wildman–Crippen MR) is 96.4 cm³/mol. The molecule has 0 spiro atoms. The van der Waals surface area contributed by atoms with E-state index in [9.17, 15) is 23.2 Å². The van der Waals surface area contributed by atoms with Crippen molar-refractivity contribution in [3.63, 3.8) is 0 Å². The molecule has 28 heavy (non-hydrogen) atoms. The number of ether oxygens (including phenoxy) is 1. The minimum atomic E-state index is -4.54. The molecule has 0 unspecified atom stereocenters. The fourth-order valence-electron chi connectivity index (χ4n) is 2.55. The fraction of sp³-hybridized carbons (Fsp3) is 0.100. The van der Waals surface area contributed by atoms with E-state index in [1.807, 2.05) is 0 Å². The van der Waals surface area contributed by atoms with Gasteiger partial charge in [0.15, 0.2) is 11.3 Å². The van der Waals surface area contributed by atoms with Gasteiger partial charge in [0.25, 0.3) is 5.91 Å². The lowest BCUT2D eigenvalue weighted by Crippen LogP contribution is -2.14. The number of fused-ring (bicyclic) bond motifs is 1. The Morgan fingerprint density at radius 3 is 2.64 bits per heavy atom. The fourth-order valence-corrected chi connectivity index (χ4v) is 2.55. The van der Waals surface area contributed by atoms with Crippen molar-refractivity contribution in [2.45, 2.75) is 6.18 Å². The van der Waals surface area contributed by atoms with Crippen LogP contribution in [0.2, 0.25) is 0 Å². The Bertz CT molecular complexity index is 1110. The van der Waals surface area contributed by atoms with E-state index in [1.54, 1.807) is 30.3 Å². The van der Waals surface area contributed by atoms with Crippen molar-refractivity contribution in [2.75, 3.05) is 12.4 Å². The van der Waals surface area contributed by atoms with E-state index >= 15 is 0 Å². The average Bonchev–Trinajstić information content (AvgIpc) is 3.08. The summed E-state index contributed by atoms with van der Waals surface area (Å²) in [7, 11) is 1.48. The van der Waals surface area contributed by atoms with Crippen LogP contribution in [0.1, 0.15) is 11.3 Å². The topological polar surface area (TPSA) is 75.3 Å². The number of anilines is 1. The maximum atomic E-state index is 12.8. The van der Waals surface area contributed by atoms with Gasteiger partial charge in [-0.15, -0.1) is 0 Å². The number of furan rings is 1. The van der Waals surface area contributed by atoms with E-state index in [1.165, 1.54) is 25.3 Å². The van der Waals surface area contributed by atoms with Crippen LogP contribution < -0.4 is 10.1 Å². The number of carbonyl (C=O) groups excluding carboxylic acids is 1. The Hall–Kier alpha value is -3.73. The van der Waals surface area contributed by atoms with Crippen LogP contribution in [-0.2, 0) is 11.0 Å². The Labute approximate surface area is 157 Å². The molecule has 1 aromatic heterocycles.